The Morgan fingerprint density at radius 3 is 1.32 bits per heavy atom. The van der Waals surface area contributed by atoms with Gasteiger partial charge in [0.2, 0.25) is 0 Å². The number of carbonyl (C=O) groups excluding carboxylic acids is 1. The van der Waals surface area contributed by atoms with Gasteiger partial charge < -0.3 is 19.6 Å². The van der Waals surface area contributed by atoms with E-state index in [1.165, 1.54) is 24.3 Å². The average Bonchev–Trinajstić information content (AvgIpc) is 3.15. The molecule has 0 heterocycles. The first-order chi connectivity index (χ1) is 24.2. The van der Waals surface area contributed by atoms with Crippen molar-refractivity contribution in [1.82, 2.24) is 0 Å². The first-order valence-electron chi connectivity index (χ1n) is 15.6. The smallest absolute Gasteiger partial charge is 0.330 e. The maximum atomic E-state index is 11.1. The molecule has 0 aliphatic carbocycles. The van der Waals surface area contributed by atoms with E-state index in [1.54, 1.807) is 24.3 Å². The third-order valence-electron chi connectivity index (χ3n) is 7.02. The van der Waals surface area contributed by atoms with E-state index in [0.717, 1.165) is 30.5 Å². The number of ether oxygens (including phenoxy) is 1. The van der Waals surface area contributed by atoms with Crippen molar-refractivity contribution in [1.29, 1.82) is 0 Å². The van der Waals surface area contributed by atoms with Crippen molar-refractivity contribution in [2.24, 2.45) is 20.5 Å². The summed E-state index contributed by atoms with van der Waals surface area (Å²) in [5.74, 6) is -0.437. The first kappa shape index (κ1) is 38.1. The summed E-state index contributed by atoms with van der Waals surface area (Å²) in [6, 6.07) is 26.7. The van der Waals surface area contributed by atoms with Crippen molar-refractivity contribution < 1.29 is 24.5 Å². The van der Waals surface area contributed by atoms with Crippen LogP contribution in [0.3, 0.4) is 0 Å². The summed E-state index contributed by atoms with van der Waals surface area (Å²) < 4.78 is 5.01. The highest BCUT2D eigenvalue weighted by Crippen LogP contribution is 2.25. The SMILES string of the molecule is C=CC(=O)OCCN(CC)c1ccc(N=Nc2ccc([N+](=O)[O-])cc2)cc1.CCN(CCO)c1ccc(N=Nc2ccc([N+](=O)[O-])cc2)cc1. The third-order valence-corrected chi connectivity index (χ3v) is 7.02. The van der Waals surface area contributed by atoms with Crippen LogP contribution in [0, 0.1) is 20.2 Å². The van der Waals surface area contributed by atoms with E-state index in [2.05, 4.69) is 36.8 Å². The number of nitrogens with zero attached hydrogens (tertiary/aromatic N) is 8. The molecule has 0 bridgehead atoms. The highest BCUT2D eigenvalue weighted by Gasteiger charge is 2.07. The van der Waals surface area contributed by atoms with Crippen molar-refractivity contribution in [3.63, 3.8) is 0 Å². The maximum absolute atomic E-state index is 11.1. The molecule has 0 aromatic heterocycles. The molecule has 0 aliphatic rings. The summed E-state index contributed by atoms with van der Waals surface area (Å²) in [5, 5.41) is 46.6. The molecule has 0 radical (unpaired) electrons. The van der Waals surface area contributed by atoms with Gasteiger partial charge in [0.1, 0.15) is 6.61 Å². The van der Waals surface area contributed by atoms with Gasteiger partial charge in [-0.25, -0.2) is 4.79 Å². The number of esters is 1. The van der Waals surface area contributed by atoms with E-state index < -0.39 is 15.8 Å². The minimum atomic E-state index is -0.461. The Bertz CT molecular complexity index is 1750. The topological polar surface area (TPSA) is 189 Å². The van der Waals surface area contributed by atoms with E-state index in [1.807, 2.05) is 62.4 Å². The highest BCUT2D eigenvalue weighted by atomic mass is 16.6. The molecule has 0 atom stereocenters. The number of nitro groups is 2. The first-order valence-corrected chi connectivity index (χ1v) is 15.6. The van der Waals surface area contributed by atoms with E-state index in [-0.39, 0.29) is 24.6 Å². The van der Waals surface area contributed by atoms with Crippen LogP contribution in [0.25, 0.3) is 0 Å². The van der Waals surface area contributed by atoms with Crippen molar-refractivity contribution in [3.8, 4) is 0 Å². The second-order valence-corrected chi connectivity index (χ2v) is 10.2. The van der Waals surface area contributed by atoms with Gasteiger partial charge >= 0.3 is 5.97 Å². The lowest BCUT2D eigenvalue weighted by atomic mass is 10.2. The van der Waals surface area contributed by atoms with Crippen LogP contribution in [0.15, 0.2) is 130 Å². The number of likely N-dealkylation sites (N-methyl/N-ethyl adjacent to an activating group) is 2. The molecule has 15 nitrogen and oxygen atoms in total. The summed E-state index contributed by atoms with van der Waals surface area (Å²) >= 11 is 0. The standard InChI is InChI=1S/C19H20N4O4.C16H18N4O3/c1-3-19(24)27-14-13-22(4-2)17-9-5-15(6-10-17)20-21-16-7-11-18(12-8-16)23(25)26;1-2-19(11-12-21)15-7-3-13(4-8-15)17-18-14-5-9-16(10-6-14)20(22)23/h3,5-12H,1,4,13-14H2,2H3;3-10,21H,2,11-12H2,1H3. The van der Waals surface area contributed by atoms with Gasteiger partial charge in [0.25, 0.3) is 11.4 Å². The zero-order valence-electron chi connectivity index (χ0n) is 27.7. The fourth-order valence-electron chi connectivity index (χ4n) is 4.35. The van der Waals surface area contributed by atoms with Gasteiger partial charge in [-0.05, 0) is 86.6 Å². The van der Waals surface area contributed by atoms with Crippen LogP contribution < -0.4 is 9.80 Å². The Kier molecular flexibility index (Phi) is 15.3. The number of hydrogen-bond donors (Lipinski definition) is 1. The fourth-order valence-corrected chi connectivity index (χ4v) is 4.35. The molecule has 0 spiro atoms. The van der Waals surface area contributed by atoms with Crippen LogP contribution in [0.5, 0.6) is 0 Å². The number of hydrogen-bond acceptors (Lipinski definition) is 13. The number of aliphatic hydroxyl groups is 1. The number of anilines is 2. The number of non-ortho nitro benzene ring substituents is 2. The molecule has 0 unspecified atom stereocenters. The molecule has 0 saturated heterocycles. The number of nitro benzene ring substituents is 2. The summed E-state index contributed by atoms with van der Waals surface area (Å²) in [6.45, 7) is 10.5. The average molecular weight is 683 g/mol. The van der Waals surface area contributed by atoms with Crippen LogP contribution in [-0.2, 0) is 9.53 Å². The Morgan fingerprint density at radius 2 is 1.02 bits per heavy atom. The molecule has 4 aromatic carbocycles. The van der Waals surface area contributed by atoms with Gasteiger partial charge in [0.15, 0.2) is 0 Å². The second-order valence-electron chi connectivity index (χ2n) is 10.2. The zero-order valence-corrected chi connectivity index (χ0v) is 27.7. The fraction of sp³-hybridized carbons (Fsp3) is 0.229. The molecule has 0 saturated carbocycles. The Balaban J connectivity index is 0.000000274. The normalized spacial score (nSPS) is 10.7. The number of aliphatic hydroxyl groups excluding tert-OH is 1. The number of rotatable bonds is 16. The quantitative estimate of drug-likeness (QED) is 0.0398. The summed E-state index contributed by atoms with van der Waals surface area (Å²) in [4.78, 5) is 35.5. The molecule has 4 rings (SSSR count). The van der Waals surface area contributed by atoms with E-state index >= 15 is 0 Å². The molecule has 0 amide bonds. The van der Waals surface area contributed by atoms with Crippen LogP contribution in [0.2, 0.25) is 0 Å². The minimum Gasteiger partial charge on any atom is -0.461 e. The Morgan fingerprint density at radius 1 is 0.680 bits per heavy atom. The second kappa shape index (κ2) is 20.1. The van der Waals surface area contributed by atoms with E-state index in [9.17, 15) is 25.0 Å². The van der Waals surface area contributed by atoms with Crippen LogP contribution in [-0.4, -0.2) is 60.3 Å². The third kappa shape index (κ3) is 12.4. The summed E-state index contributed by atoms with van der Waals surface area (Å²) in [6.07, 6.45) is 1.14. The lowest BCUT2D eigenvalue weighted by Gasteiger charge is -2.22. The molecule has 0 aliphatic heterocycles. The van der Waals surface area contributed by atoms with Crippen LogP contribution >= 0.6 is 0 Å². The predicted molar refractivity (Wildman–Crippen MR) is 191 cm³/mol. The molecule has 0 fully saturated rings. The Hall–Kier alpha value is -6.35. The van der Waals surface area contributed by atoms with Crippen LogP contribution in [0.4, 0.5) is 45.5 Å². The Labute approximate surface area is 289 Å². The summed E-state index contributed by atoms with van der Waals surface area (Å²) in [7, 11) is 0. The zero-order chi connectivity index (χ0) is 36.3. The lowest BCUT2D eigenvalue weighted by molar-refractivity contribution is -0.385. The molecule has 4 aromatic rings. The van der Waals surface area contributed by atoms with Crippen molar-refractivity contribution >= 4 is 51.5 Å². The number of azo groups is 2. The molecular formula is C35H38N8O7. The van der Waals surface area contributed by atoms with Gasteiger partial charge in [0.05, 0.1) is 45.7 Å². The number of carbonyl (C=O) groups is 1. The van der Waals surface area contributed by atoms with Gasteiger partial charge in [0, 0.05) is 61.4 Å². The lowest BCUT2D eigenvalue weighted by Crippen LogP contribution is -2.27. The van der Waals surface area contributed by atoms with Crippen molar-refractivity contribution in [2.75, 3.05) is 49.2 Å². The molecule has 50 heavy (non-hydrogen) atoms. The predicted octanol–water partition coefficient (Wildman–Crippen LogP) is 8.39. The van der Waals surface area contributed by atoms with E-state index in [0.29, 0.717) is 35.8 Å². The van der Waals surface area contributed by atoms with Gasteiger partial charge in [-0.15, -0.1) is 0 Å². The minimum absolute atomic E-state index is 0.0109. The van der Waals surface area contributed by atoms with Gasteiger partial charge in [-0.1, -0.05) is 6.58 Å². The largest absolute Gasteiger partial charge is 0.461 e. The molecule has 260 valence electrons. The highest BCUT2D eigenvalue weighted by molar-refractivity contribution is 5.81. The van der Waals surface area contributed by atoms with Crippen molar-refractivity contribution in [3.05, 3.63) is 130 Å². The molecule has 1 N–H and O–H groups in total. The molecular weight excluding hydrogens is 644 g/mol. The van der Waals surface area contributed by atoms with Crippen molar-refractivity contribution in [2.45, 2.75) is 13.8 Å². The summed E-state index contributed by atoms with van der Waals surface area (Å²) in [5.41, 5.74) is 4.45. The maximum Gasteiger partial charge on any atom is 0.330 e. The molecule has 15 heteroatoms. The van der Waals surface area contributed by atoms with Gasteiger partial charge in [-0.3, -0.25) is 20.2 Å². The van der Waals surface area contributed by atoms with Crippen LogP contribution in [0.1, 0.15) is 13.8 Å². The van der Waals surface area contributed by atoms with E-state index in [4.69, 9.17) is 9.84 Å². The number of benzene rings is 4. The monoisotopic (exact) mass is 682 g/mol. The van der Waals surface area contributed by atoms with Gasteiger partial charge in [-0.2, -0.15) is 20.5 Å².